The molecule has 0 bridgehead atoms. The van der Waals surface area contributed by atoms with Crippen molar-refractivity contribution in [1.29, 1.82) is 0 Å². The molecule has 2 atom stereocenters. The van der Waals surface area contributed by atoms with Crippen molar-refractivity contribution in [3.63, 3.8) is 0 Å². The molecule has 2 heterocycles. The molecular weight excluding hydrogens is 338 g/mol. The second-order valence-corrected chi connectivity index (χ2v) is 8.37. The van der Waals surface area contributed by atoms with Crippen LogP contribution in [0.15, 0.2) is 47.6 Å². The number of benzene rings is 1. The van der Waals surface area contributed by atoms with Gasteiger partial charge in [-0.15, -0.1) is 0 Å². The van der Waals surface area contributed by atoms with Crippen molar-refractivity contribution in [2.24, 2.45) is 0 Å². The maximum Gasteiger partial charge on any atom is 0.267 e. The van der Waals surface area contributed by atoms with E-state index in [9.17, 15) is 13.2 Å². The Labute approximate surface area is 148 Å². The standard InChI is InChI=1S/C18H23N3O3S/c1-13-4-6-17(7-5-13)25(23,24)20-10-8-16(12-20)18(22)21-11-9-19-14(2)15(21)3/h4-8,10,12,14-15,19H,9,11H2,1-3H3. The van der Waals surface area contributed by atoms with Crippen molar-refractivity contribution in [2.45, 2.75) is 37.8 Å². The van der Waals surface area contributed by atoms with Crippen LogP contribution in [0.1, 0.15) is 29.8 Å². The number of aryl methyl sites for hydroxylation is 1. The van der Waals surface area contributed by atoms with Crippen LogP contribution in [0.4, 0.5) is 0 Å². The highest BCUT2D eigenvalue weighted by atomic mass is 32.2. The molecule has 1 aliphatic rings. The minimum atomic E-state index is -3.69. The van der Waals surface area contributed by atoms with E-state index in [0.29, 0.717) is 12.1 Å². The first-order valence-corrected chi connectivity index (χ1v) is 9.79. The van der Waals surface area contributed by atoms with Gasteiger partial charge in [-0.05, 0) is 39.0 Å². The first kappa shape index (κ1) is 17.7. The van der Waals surface area contributed by atoms with Gasteiger partial charge in [-0.2, -0.15) is 0 Å². The molecule has 0 aliphatic carbocycles. The molecule has 0 saturated carbocycles. The molecule has 1 aromatic carbocycles. The highest BCUT2D eigenvalue weighted by Crippen LogP contribution is 2.18. The lowest BCUT2D eigenvalue weighted by Crippen LogP contribution is -2.57. The summed E-state index contributed by atoms with van der Waals surface area (Å²) in [7, 11) is -3.69. The molecule has 1 aromatic heterocycles. The Balaban J connectivity index is 1.87. The van der Waals surface area contributed by atoms with Crippen LogP contribution in [0.5, 0.6) is 0 Å². The van der Waals surface area contributed by atoms with Crippen molar-refractivity contribution in [2.75, 3.05) is 13.1 Å². The summed E-state index contributed by atoms with van der Waals surface area (Å²) in [5, 5.41) is 3.33. The SMILES string of the molecule is Cc1ccc(S(=O)(=O)n2ccc(C(=O)N3CCNC(C)C3C)c2)cc1. The van der Waals surface area contributed by atoms with Gasteiger partial charge < -0.3 is 10.2 Å². The van der Waals surface area contributed by atoms with Gasteiger partial charge >= 0.3 is 0 Å². The van der Waals surface area contributed by atoms with Gasteiger partial charge in [0.05, 0.1) is 10.5 Å². The van der Waals surface area contributed by atoms with Crippen molar-refractivity contribution >= 4 is 15.9 Å². The van der Waals surface area contributed by atoms with Crippen molar-refractivity contribution in [3.8, 4) is 0 Å². The van der Waals surface area contributed by atoms with Crippen LogP contribution in [-0.2, 0) is 10.0 Å². The maximum absolute atomic E-state index is 12.8. The van der Waals surface area contributed by atoms with Gasteiger partial charge in [-0.3, -0.25) is 4.79 Å². The van der Waals surface area contributed by atoms with Crippen LogP contribution in [0.25, 0.3) is 0 Å². The van der Waals surface area contributed by atoms with Gasteiger partial charge in [0.2, 0.25) is 0 Å². The number of hydrogen-bond donors (Lipinski definition) is 1. The van der Waals surface area contributed by atoms with Gasteiger partial charge in [0, 0.05) is 37.6 Å². The number of piperazine rings is 1. The molecule has 2 aromatic rings. The van der Waals surface area contributed by atoms with Crippen LogP contribution in [0.2, 0.25) is 0 Å². The predicted octanol–water partition coefficient (Wildman–Crippen LogP) is 1.86. The lowest BCUT2D eigenvalue weighted by atomic mass is 10.1. The first-order chi connectivity index (χ1) is 11.8. The number of nitrogens with zero attached hydrogens (tertiary/aromatic N) is 2. The summed E-state index contributed by atoms with van der Waals surface area (Å²) in [5.74, 6) is -0.140. The normalized spacial score (nSPS) is 21.3. The lowest BCUT2D eigenvalue weighted by Gasteiger charge is -2.38. The zero-order chi connectivity index (χ0) is 18.2. The van der Waals surface area contributed by atoms with Gasteiger partial charge in [0.1, 0.15) is 0 Å². The Morgan fingerprint density at radius 1 is 1.16 bits per heavy atom. The summed E-state index contributed by atoms with van der Waals surface area (Å²) in [6.07, 6.45) is 2.83. The van der Waals surface area contributed by atoms with Crippen molar-refractivity contribution in [3.05, 3.63) is 53.9 Å². The molecule has 1 N–H and O–H groups in total. The molecule has 25 heavy (non-hydrogen) atoms. The second kappa shape index (κ2) is 6.65. The highest BCUT2D eigenvalue weighted by molar-refractivity contribution is 7.90. The molecular formula is C18H23N3O3S. The minimum absolute atomic E-state index is 0.0540. The zero-order valence-electron chi connectivity index (χ0n) is 14.6. The number of nitrogens with one attached hydrogen (secondary N) is 1. The average molecular weight is 361 g/mol. The molecule has 0 spiro atoms. The van der Waals surface area contributed by atoms with E-state index < -0.39 is 10.0 Å². The number of carbonyl (C=O) groups excluding carboxylic acids is 1. The van der Waals surface area contributed by atoms with E-state index in [1.165, 1.54) is 12.4 Å². The molecule has 1 saturated heterocycles. The summed E-state index contributed by atoms with van der Waals surface area (Å²) in [5.41, 5.74) is 1.38. The summed E-state index contributed by atoms with van der Waals surface area (Å²) in [6.45, 7) is 7.28. The largest absolute Gasteiger partial charge is 0.333 e. The molecule has 2 unspecified atom stereocenters. The summed E-state index contributed by atoms with van der Waals surface area (Å²) in [4.78, 5) is 14.8. The van der Waals surface area contributed by atoms with E-state index in [0.717, 1.165) is 16.1 Å². The van der Waals surface area contributed by atoms with Crippen molar-refractivity contribution < 1.29 is 13.2 Å². The predicted molar refractivity (Wildman–Crippen MR) is 96.2 cm³/mol. The van der Waals surface area contributed by atoms with Crippen LogP contribution < -0.4 is 5.32 Å². The van der Waals surface area contributed by atoms with Gasteiger partial charge in [-0.1, -0.05) is 17.7 Å². The molecule has 7 heteroatoms. The number of amides is 1. The fraction of sp³-hybridized carbons (Fsp3) is 0.389. The Morgan fingerprint density at radius 2 is 1.84 bits per heavy atom. The van der Waals surface area contributed by atoms with Crippen LogP contribution in [-0.4, -0.2) is 48.4 Å². The summed E-state index contributed by atoms with van der Waals surface area (Å²) in [6, 6.07) is 8.49. The summed E-state index contributed by atoms with van der Waals surface area (Å²) >= 11 is 0. The number of carbonyl (C=O) groups is 1. The van der Waals surface area contributed by atoms with E-state index in [2.05, 4.69) is 5.32 Å². The number of aromatic nitrogens is 1. The molecule has 1 fully saturated rings. The molecule has 6 nitrogen and oxygen atoms in total. The van der Waals surface area contributed by atoms with E-state index in [1.807, 2.05) is 20.8 Å². The Hall–Kier alpha value is -2.12. The van der Waals surface area contributed by atoms with Gasteiger partial charge in [0.25, 0.3) is 15.9 Å². The van der Waals surface area contributed by atoms with E-state index in [-0.39, 0.29) is 22.9 Å². The quantitative estimate of drug-likeness (QED) is 0.906. The molecule has 3 rings (SSSR count). The van der Waals surface area contributed by atoms with Gasteiger partial charge in [0.15, 0.2) is 0 Å². The van der Waals surface area contributed by atoms with E-state index >= 15 is 0 Å². The van der Waals surface area contributed by atoms with Crippen LogP contribution in [0, 0.1) is 6.92 Å². The minimum Gasteiger partial charge on any atom is -0.333 e. The monoisotopic (exact) mass is 361 g/mol. The van der Waals surface area contributed by atoms with Crippen LogP contribution in [0.3, 0.4) is 0 Å². The zero-order valence-corrected chi connectivity index (χ0v) is 15.5. The molecule has 1 amide bonds. The average Bonchev–Trinajstić information content (AvgIpc) is 3.08. The molecule has 1 aliphatic heterocycles. The Bertz CT molecular complexity index is 871. The number of hydrogen-bond acceptors (Lipinski definition) is 4. The topological polar surface area (TPSA) is 71.4 Å². The third-order valence-electron chi connectivity index (χ3n) is 4.81. The van der Waals surface area contributed by atoms with Crippen LogP contribution >= 0.6 is 0 Å². The lowest BCUT2D eigenvalue weighted by molar-refractivity contribution is 0.0603. The fourth-order valence-corrected chi connectivity index (χ4v) is 4.19. The van der Waals surface area contributed by atoms with E-state index in [1.54, 1.807) is 35.2 Å². The van der Waals surface area contributed by atoms with Crippen molar-refractivity contribution in [1.82, 2.24) is 14.2 Å². The number of rotatable bonds is 3. The second-order valence-electron chi connectivity index (χ2n) is 6.53. The Kier molecular flexibility index (Phi) is 4.71. The summed E-state index contributed by atoms with van der Waals surface area (Å²) < 4.78 is 26.5. The smallest absolute Gasteiger partial charge is 0.267 e. The third kappa shape index (κ3) is 3.34. The molecule has 134 valence electrons. The first-order valence-electron chi connectivity index (χ1n) is 8.35. The van der Waals surface area contributed by atoms with Gasteiger partial charge in [-0.25, -0.2) is 12.4 Å². The molecule has 0 radical (unpaired) electrons. The van der Waals surface area contributed by atoms with E-state index in [4.69, 9.17) is 0 Å². The third-order valence-corrected chi connectivity index (χ3v) is 6.46. The Morgan fingerprint density at radius 3 is 2.52 bits per heavy atom. The maximum atomic E-state index is 12.8. The fourth-order valence-electron chi connectivity index (χ4n) is 2.99. The highest BCUT2D eigenvalue weighted by Gasteiger charge is 2.29.